The Morgan fingerprint density at radius 2 is 1.40 bits per heavy atom. The van der Waals surface area contributed by atoms with Gasteiger partial charge in [0.15, 0.2) is 0 Å². The largest absolute Gasteiger partial charge is 0.352 e. The first-order valence-corrected chi connectivity index (χ1v) is 16.9. The van der Waals surface area contributed by atoms with Gasteiger partial charge in [0.2, 0.25) is 11.8 Å². The molecule has 0 saturated heterocycles. The maximum absolute atomic E-state index is 14.5. The molecule has 0 fully saturated rings. The van der Waals surface area contributed by atoms with Crippen LogP contribution >= 0.6 is 34.8 Å². The highest BCUT2D eigenvalue weighted by atomic mass is 35.5. The molecule has 4 aromatic rings. The molecular weight excluding hydrogens is 653 g/mol. The second kappa shape index (κ2) is 15.1. The molecule has 11 heteroatoms. The van der Waals surface area contributed by atoms with Crippen LogP contribution in [0.3, 0.4) is 0 Å². The Balaban J connectivity index is 1.83. The summed E-state index contributed by atoms with van der Waals surface area (Å²) in [5, 5.41) is 3.92. The van der Waals surface area contributed by atoms with E-state index in [0.717, 1.165) is 15.4 Å². The summed E-state index contributed by atoms with van der Waals surface area (Å²) in [6.07, 6.45) is 0.168. The number of anilines is 1. The van der Waals surface area contributed by atoms with Gasteiger partial charge in [-0.15, -0.1) is 0 Å². The van der Waals surface area contributed by atoms with Crippen molar-refractivity contribution in [1.29, 1.82) is 0 Å². The van der Waals surface area contributed by atoms with Crippen molar-refractivity contribution >= 4 is 62.3 Å². The highest BCUT2D eigenvalue weighted by Crippen LogP contribution is 2.29. The number of rotatable bonds is 12. The van der Waals surface area contributed by atoms with Crippen molar-refractivity contribution in [2.75, 3.05) is 10.8 Å². The lowest BCUT2D eigenvalue weighted by atomic mass is 10.0. The van der Waals surface area contributed by atoms with Crippen molar-refractivity contribution in [2.24, 2.45) is 0 Å². The van der Waals surface area contributed by atoms with Crippen LogP contribution in [0.25, 0.3) is 0 Å². The van der Waals surface area contributed by atoms with Gasteiger partial charge in [0.25, 0.3) is 10.0 Å². The standard InChI is InChI=1S/C34H34Cl3N3O4S/c1-23(2)38-34(42)32(20-25-8-5-4-6-9-25)39(21-29-30(36)10-7-11-31(29)37)33(41)22-40(27-16-12-24(3)13-17-27)45(43,44)28-18-14-26(35)15-19-28/h4-19,23,32H,20-22H2,1-3H3,(H,38,42)/t32-/m1/s1. The third-order valence-electron chi connectivity index (χ3n) is 7.09. The number of hydrogen-bond donors (Lipinski definition) is 1. The van der Waals surface area contributed by atoms with Crippen LogP contribution in [0.1, 0.15) is 30.5 Å². The maximum Gasteiger partial charge on any atom is 0.264 e. The van der Waals surface area contributed by atoms with Crippen LogP contribution in [0.2, 0.25) is 15.1 Å². The van der Waals surface area contributed by atoms with Crippen molar-refractivity contribution in [2.45, 2.75) is 50.7 Å². The highest BCUT2D eigenvalue weighted by molar-refractivity contribution is 7.92. The SMILES string of the molecule is Cc1ccc(N(CC(=O)N(Cc2c(Cl)cccc2Cl)[C@H](Cc2ccccc2)C(=O)NC(C)C)S(=O)(=O)c2ccc(Cl)cc2)cc1. The molecule has 4 aromatic carbocycles. The fourth-order valence-electron chi connectivity index (χ4n) is 4.76. The van der Waals surface area contributed by atoms with Crippen molar-refractivity contribution in [3.05, 3.63) is 129 Å². The number of aryl methyl sites for hydroxylation is 1. The molecule has 45 heavy (non-hydrogen) atoms. The van der Waals surface area contributed by atoms with E-state index in [1.54, 1.807) is 42.5 Å². The summed E-state index contributed by atoms with van der Waals surface area (Å²) < 4.78 is 29.2. The number of benzene rings is 4. The van der Waals surface area contributed by atoms with Gasteiger partial charge in [-0.3, -0.25) is 13.9 Å². The first-order chi connectivity index (χ1) is 21.4. The molecular formula is C34H34Cl3N3O4S. The van der Waals surface area contributed by atoms with E-state index in [4.69, 9.17) is 34.8 Å². The second-order valence-electron chi connectivity index (χ2n) is 10.9. The highest BCUT2D eigenvalue weighted by Gasteiger charge is 2.35. The first kappa shape index (κ1) is 34.3. The zero-order valence-electron chi connectivity index (χ0n) is 25.1. The molecule has 236 valence electrons. The minimum Gasteiger partial charge on any atom is -0.352 e. The Morgan fingerprint density at radius 1 is 0.800 bits per heavy atom. The number of carbonyl (C=O) groups is 2. The van der Waals surface area contributed by atoms with Crippen LogP contribution in [-0.2, 0) is 32.6 Å². The Morgan fingerprint density at radius 3 is 1.98 bits per heavy atom. The Bertz CT molecular complexity index is 1710. The van der Waals surface area contributed by atoms with Gasteiger partial charge in [0, 0.05) is 39.6 Å². The third kappa shape index (κ3) is 8.79. The van der Waals surface area contributed by atoms with E-state index in [1.165, 1.54) is 29.2 Å². The minimum absolute atomic E-state index is 0.0423. The molecule has 2 amide bonds. The van der Waals surface area contributed by atoms with Crippen LogP contribution in [0.15, 0.2) is 102 Å². The van der Waals surface area contributed by atoms with Crippen LogP contribution < -0.4 is 9.62 Å². The zero-order chi connectivity index (χ0) is 32.7. The summed E-state index contributed by atoms with van der Waals surface area (Å²) in [5.74, 6) is -1.02. The molecule has 0 saturated carbocycles. The summed E-state index contributed by atoms with van der Waals surface area (Å²) in [5.41, 5.74) is 2.45. The first-order valence-electron chi connectivity index (χ1n) is 14.3. The number of hydrogen-bond acceptors (Lipinski definition) is 4. The molecule has 1 atom stereocenters. The zero-order valence-corrected chi connectivity index (χ0v) is 28.2. The summed E-state index contributed by atoms with van der Waals surface area (Å²) in [7, 11) is -4.25. The molecule has 0 spiro atoms. The summed E-state index contributed by atoms with van der Waals surface area (Å²) >= 11 is 19.1. The number of nitrogens with zero attached hydrogens (tertiary/aromatic N) is 2. The van der Waals surface area contributed by atoms with Gasteiger partial charge >= 0.3 is 0 Å². The van der Waals surface area contributed by atoms with Crippen molar-refractivity contribution < 1.29 is 18.0 Å². The lowest BCUT2D eigenvalue weighted by Gasteiger charge is -2.34. The molecule has 1 N–H and O–H groups in total. The van der Waals surface area contributed by atoms with Gasteiger partial charge in [-0.05, 0) is 74.9 Å². The van der Waals surface area contributed by atoms with Crippen LogP contribution in [0.5, 0.6) is 0 Å². The summed E-state index contributed by atoms with van der Waals surface area (Å²) in [6, 6.07) is 25.6. The second-order valence-corrected chi connectivity index (χ2v) is 14.0. The molecule has 0 aliphatic rings. The van der Waals surface area contributed by atoms with E-state index in [-0.39, 0.29) is 29.6 Å². The third-order valence-corrected chi connectivity index (χ3v) is 9.84. The Hall–Kier alpha value is -3.56. The van der Waals surface area contributed by atoms with Crippen LogP contribution in [-0.4, -0.2) is 43.8 Å². The molecule has 0 heterocycles. The van der Waals surface area contributed by atoms with E-state index < -0.39 is 34.4 Å². The van der Waals surface area contributed by atoms with Gasteiger partial charge in [-0.2, -0.15) is 0 Å². The molecule has 0 aliphatic heterocycles. The van der Waals surface area contributed by atoms with Gasteiger partial charge < -0.3 is 10.2 Å². The van der Waals surface area contributed by atoms with Gasteiger partial charge in [0.1, 0.15) is 12.6 Å². The van der Waals surface area contributed by atoms with Crippen molar-refractivity contribution in [1.82, 2.24) is 10.2 Å². The molecule has 0 radical (unpaired) electrons. The number of nitrogens with one attached hydrogen (secondary N) is 1. The van der Waals surface area contributed by atoms with Crippen LogP contribution in [0, 0.1) is 6.92 Å². The monoisotopic (exact) mass is 685 g/mol. The topological polar surface area (TPSA) is 86.8 Å². The number of halogens is 3. The average Bonchev–Trinajstić information content (AvgIpc) is 2.99. The minimum atomic E-state index is -4.25. The van der Waals surface area contributed by atoms with Crippen molar-refractivity contribution in [3.8, 4) is 0 Å². The van der Waals surface area contributed by atoms with E-state index in [2.05, 4.69) is 5.32 Å². The maximum atomic E-state index is 14.5. The molecule has 7 nitrogen and oxygen atoms in total. The van der Waals surface area contributed by atoms with E-state index in [1.807, 2.05) is 51.1 Å². The van der Waals surface area contributed by atoms with Gasteiger partial charge in [-0.1, -0.05) is 88.9 Å². The predicted octanol–water partition coefficient (Wildman–Crippen LogP) is 7.32. The normalized spacial score (nSPS) is 12.1. The van der Waals surface area contributed by atoms with Crippen LogP contribution in [0.4, 0.5) is 5.69 Å². The van der Waals surface area contributed by atoms with E-state index in [9.17, 15) is 18.0 Å². The Kier molecular flexibility index (Phi) is 11.6. The van der Waals surface area contributed by atoms with E-state index >= 15 is 0 Å². The molecule has 0 aromatic heterocycles. The fraction of sp³-hybridized carbons (Fsp3) is 0.235. The van der Waals surface area contributed by atoms with Gasteiger partial charge in [-0.25, -0.2) is 8.42 Å². The number of amides is 2. The molecule has 0 unspecified atom stereocenters. The lowest BCUT2D eigenvalue weighted by Crippen LogP contribution is -2.54. The Labute approximate surface area is 279 Å². The van der Waals surface area contributed by atoms with E-state index in [0.29, 0.717) is 20.6 Å². The average molecular weight is 687 g/mol. The van der Waals surface area contributed by atoms with Gasteiger partial charge in [0.05, 0.1) is 10.6 Å². The number of sulfonamides is 1. The molecule has 0 aliphatic carbocycles. The summed E-state index contributed by atoms with van der Waals surface area (Å²) in [6.45, 7) is 4.79. The lowest BCUT2D eigenvalue weighted by molar-refractivity contribution is -0.140. The van der Waals surface area contributed by atoms with Crippen molar-refractivity contribution in [3.63, 3.8) is 0 Å². The quantitative estimate of drug-likeness (QED) is 0.169. The predicted molar refractivity (Wildman–Crippen MR) is 181 cm³/mol. The fourth-order valence-corrected chi connectivity index (χ4v) is 6.82. The molecule has 4 rings (SSSR count). The molecule has 0 bridgehead atoms. The number of carbonyl (C=O) groups excluding carboxylic acids is 2. The smallest absolute Gasteiger partial charge is 0.264 e. The summed E-state index contributed by atoms with van der Waals surface area (Å²) in [4.78, 5) is 29.6.